The maximum atomic E-state index is 6.68. The molecule has 0 atom stereocenters. The predicted molar refractivity (Wildman–Crippen MR) is 132 cm³/mol. The van der Waals surface area contributed by atoms with E-state index in [0.29, 0.717) is 0 Å². The van der Waals surface area contributed by atoms with Gasteiger partial charge in [0.2, 0.25) is 5.52 Å². The summed E-state index contributed by atoms with van der Waals surface area (Å²) in [4.78, 5) is 0. The largest absolute Gasteiger partial charge is 0.458 e. The minimum absolute atomic E-state index is 0.0187. The molecule has 34 heavy (non-hydrogen) atoms. The molecule has 0 fully saturated rings. The summed E-state index contributed by atoms with van der Waals surface area (Å²) in [5.41, 5.74) is 7.73. The van der Waals surface area contributed by atoms with Crippen molar-refractivity contribution in [1.82, 2.24) is 4.57 Å². The third-order valence-corrected chi connectivity index (χ3v) is 7.55. The van der Waals surface area contributed by atoms with Crippen LogP contribution in [-0.4, -0.2) is 11.3 Å². The Labute approximate surface area is 196 Å². The highest BCUT2D eigenvalue weighted by Crippen LogP contribution is 2.44. The zero-order valence-electron chi connectivity index (χ0n) is 19.0. The molecular formula is C28H20BN2O3+. The van der Waals surface area contributed by atoms with Gasteiger partial charge < -0.3 is 14.2 Å². The van der Waals surface area contributed by atoms with Gasteiger partial charge in [-0.2, -0.15) is 4.57 Å². The molecule has 3 aliphatic heterocycles. The van der Waals surface area contributed by atoms with Gasteiger partial charge in [-0.25, -0.2) is 4.57 Å². The van der Waals surface area contributed by atoms with Gasteiger partial charge in [-0.15, -0.1) is 0 Å². The summed E-state index contributed by atoms with van der Waals surface area (Å²) in [5.74, 6) is 6.22. The van der Waals surface area contributed by atoms with Crippen LogP contribution in [0, 0.1) is 13.8 Å². The molecule has 8 rings (SSSR count). The van der Waals surface area contributed by atoms with Gasteiger partial charge in [-0.05, 0) is 42.8 Å². The summed E-state index contributed by atoms with van der Waals surface area (Å²) < 4.78 is 24.0. The molecule has 0 aliphatic carbocycles. The van der Waals surface area contributed by atoms with E-state index in [9.17, 15) is 0 Å². The molecule has 4 heterocycles. The van der Waals surface area contributed by atoms with Crippen LogP contribution in [0.5, 0.6) is 34.5 Å². The molecule has 3 aliphatic rings. The first-order chi connectivity index (χ1) is 16.6. The zero-order valence-corrected chi connectivity index (χ0v) is 19.0. The van der Waals surface area contributed by atoms with E-state index in [-0.39, 0.29) is 6.71 Å². The van der Waals surface area contributed by atoms with Gasteiger partial charge in [0.15, 0.2) is 11.3 Å². The molecule has 0 spiro atoms. The van der Waals surface area contributed by atoms with E-state index in [4.69, 9.17) is 14.2 Å². The number of rotatable bonds is 1. The molecule has 0 N–H and O–H groups in total. The first-order valence-corrected chi connectivity index (χ1v) is 11.5. The summed E-state index contributed by atoms with van der Waals surface area (Å²) in [6.45, 7) is 4.31. The van der Waals surface area contributed by atoms with Gasteiger partial charge in [-0.3, -0.25) is 0 Å². The average Bonchev–Trinajstić information content (AvgIpc) is 3.09. The van der Waals surface area contributed by atoms with E-state index < -0.39 is 0 Å². The van der Waals surface area contributed by atoms with Crippen molar-refractivity contribution in [1.29, 1.82) is 0 Å². The molecule has 0 amide bonds. The van der Waals surface area contributed by atoms with E-state index in [1.165, 1.54) is 5.56 Å². The quantitative estimate of drug-likeness (QED) is 0.285. The highest BCUT2D eigenvalue weighted by molar-refractivity contribution is 6.99. The van der Waals surface area contributed by atoms with Crippen LogP contribution in [0.3, 0.4) is 0 Å². The standard InChI is InChI=1S/C28H20BN2O3/c1-15-8-4-5-9-17(15)31-16(2)30(3)27-18(31)14-23-26-28(27)34-22-13-7-11-20-25(22)29(26)24-19(32-20)10-6-12-21(24)33-23/h4-14H,1-3H3/q+1. The summed E-state index contributed by atoms with van der Waals surface area (Å²) in [5, 5.41) is 0. The second-order valence-corrected chi connectivity index (χ2v) is 9.29. The normalized spacial score (nSPS) is 13.8. The fraction of sp³-hybridized carbons (Fsp3) is 0.107. The lowest BCUT2D eigenvalue weighted by Gasteiger charge is -2.36. The van der Waals surface area contributed by atoms with Crippen LogP contribution in [0.1, 0.15) is 11.4 Å². The van der Waals surface area contributed by atoms with Crippen LogP contribution in [-0.2, 0) is 7.05 Å². The molecule has 0 saturated heterocycles. The number of ether oxygens (including phenoxy) is 3. The van der Waals surface area contributed by atoms with Crippen molar-refractivity contribution in [2.45, 2.75) is 13.8 Å². The van der Waals surface area contributed by atoms with Crippen molar-refractivity contribution < 1.29 is 18.8 Å². The molecule has 0 unspecified atom stereocenters. The smallest absolute Gasteiger partial charge is 0.270 e. The molecule has 4 aromatic carbocycles. The molecule has 5 nitrogen and oxygen atoms in total. The Balaban J connectivity index is 1.53. The van der Waals surface area contributed by atoms with Crippen molar-refractivity contribution in [3.05, 3.63) is 78.1 Å². The Morgan fingerprint density at radius 1 is 0.706 bits per heavy atom. The number of hydrogen-bond acceptors (Lipinski definition) is 3. The molecule has 6 heteroatoms. The molecule has 0 saturated carbocycles. The van der Waals surface area contributed by atoms with Crippen LogP contribution >= 0.6 is 0 Å². The van der Waals surface area contributed by atoms with E-state index in [2.05, 4.69) is 60.4 Å². The molecule has 0 radical (unpaired) electrons. The lowest BCUT2D eigenvalue weighted by molar-refractivity contribution is -0.652. The number of para-hydroxylation sites is 1. The summed E-state index contributed by atoms with van der Waals surface area (Å²) in [7, 11) is 2.11. The highest BCUT2D eigenvalue weighted by atomic mass is 16.5. The van der Waals surface area contributed by atoms with Crippen LogP contribution in [0.25, 0.3) is 16.7 Å². The van der Waals surface area contributed by atoms with Crippen molar-refractivity contribution in [3.63, 3.8) is 0 Å². The van der Waals surface area contributed by atoms with Gasteiger partial charge >= 0.3 is 0 Å². The van der Waals surface area contributed by atoms with Crippen molar-refractivity contribution in [2.24, 2.45) is 7.05 Å². The lowest BCUT2D eigenvalue weighted by atomic mass is 9.34. The van der Waals surface area contributed by atoms with Crippen molar-refractivity contribution in [2.75, 3.05) is 0 Å². The van der Waals surface area contributed by atoms with Crippen LogP contribution in [0.2, 0.25) is 0 Å². The van der Waals surface area contributed by atoms with Gasteiger partial charge in [-0.1, -0.05) is 30.3 Å². The zero-order chi connectivity index (χ0) is 22.7. The van der Waals surface area contributed by atoms with Crippen molar-refractivity contribution >= 4 is 34.1 Å². The Kier molecular flexibility index (Phi) is 3.24. The third-order valence-electron chi connectivity index (χ3n) is 7.55. The lowest BCUT2D eigenvalue weighted by Crippen LogP contribution is -2.60. The minimum atomic E-state index is 0.0187. The molecule has 1 aromatic heterocycles. The van der Waals surface area contributed by atoms with E-state index in [0.717, 1.165) is 73.4 Å². The fourth-order valence-corrected chi connectivity index (χ4v) is 5.94. The Hall–Kier alpha value is -4.19. The SMILES string of the molecule is Cc1ccccc1-n1c(C)[n+](C)c2c3c4c(cc21)Oc1cccc2c1B4c1c(cccc1O3)O2. The topological polar surface area (TPSA) is 36.5 Å². The summed E-state index contributed by atoms with van der Waals surface area (Å²) in [6, 6.07) is 22.8. The molecular weight excluding hydrogens is 423 g/mol. The van der Waals surface area contributed by atoms with Crippen LogP contribution in [0.4, 0.5) is 0 Å². The second kappa shape index (κ2) is 6.03. The second-order valence-electron chi connectivity index (χ2n) is 9.29. The Bertz CT molecular complexity index is 1720. The van der Waals surface area contributed by atoms with Crippen LogP contribution < -0.4 is 35.2 Å². The van der Waals surface area contributed by atoms with E-state index in [1.54, 1.807) is 0 Å². The van der Waals surface area contributed by atoms with Gasteiger partial charge in [0, 0.05) is 29.4 Å². The molecule has 0 bridgehead atoms. The average molecular weight is 443 g/mol. The minimum Gasteiger partial charge on any atom is -0.458 e. The molecule has 162 valence electrons. The number of fused-ring (bicyclic) bond motifs is 2. The van der Waals surface area contributed by atoms with Gasteiger partial charge in [0.05, 0.1) is 7.05 Å². The number of benzene rings is 4. The van der Waals surface area contributed by atoms with E-state index in [1.807, 2.05) is 36.4 Å². The Morgan fingerprint density at radius 3 is 2.00 bits per heavy atom. The number of hydrogen-bond donors (Lipinski definition) is 0. The number of imidazole rings is 1. The first kappa shape index (κ1) is 18.3. The highest BCUT2D eigenvalue weighted by Gasteiger charge is 2.48. The summed E-state index contributed by atoms with van der Waals surface area (Å²) in [6.07, 6.45) is 0. The van der Waals surface area contributed by atoms with Crippen molar-refractivity contribution in [3.8, 4) is 40.2 Å². The third kappa shape index (κ3) is 2.05. The summed E-state index contributed by atoms with van der Waals surface area (Å²) >= 11 is 0. The monoisotopic (exact) mass is 443 g/mol. The maximum Gasteiger partial charge on any atom is 0.270 e. The predicted octanol–water partition coefficient (Wildman–Crippen LogP) is 3.91. The Morgan fingerprint density at radius 2 is 1.32 bits per heavy atom. The van der Waals surface area contributed by atoms with E-state index >= 15 is 0 Å². The fourth-order valence-electron chi connectivity index (χ4n) is 5.94. The van der Waals surface area contributed by atoms with Gasteiger partial charge in [0.1, 0.15) is 34.4 Å². The van der Waals surface area contributed by atoms with Crippen LogP contribution in [0.15, 0.2) is 66.7 Å². The molecule has 5 aromatic rings. The maximum absolute atomic E-state index is 6.68. The number of nitrogens with zero attached hydrogens (tertiary/aromatic N) is 2. The number of aryl methyl sites for hydroxylation is 2. The number of aromatic nitrogens is 2. The van der Waals surface area contributed by atoms with Gasteiger partial charge in [0.25, 0.3) is 12.5 Å². The first-order valence-electron chi connectivity index (χ1n) is 11.5.